The molecule has 0 aliphatic heterocycles. The number of hydrogen-bond acceptors (Lipinski definition) is 2. The number of halogens is 1. The van der Waals surface area contributed by atoms with Gasteiger partial charge in [0.25, 0.3) is 0 Å². The first-order chi connectivity index (χ1) is 7.30. The van der Waals surface area contributed by atoms with Gasteiger partial charge in [0, 0.05) is 10.0 Å². The summed E-state index contributed by atoms with van der Waals surface area (Å²) in [5.41, 5.74) is 0.903. The Morgan fingerprint density at radius 1 is 1.44 bits per heavy atom. The lowest BCUT2D eigenvalue weighted by Gasteiger charge is -2.22. The topological polar surface area (TPSA) is 46.5 Å². The largest absolute Gasteiger partial charge is 0.482 e. The summed E-state index contributed by atoms with van der Waals surface area (Å²) in [5, 5.41) is 8.59. The second-order valence-corrected chi connectivity index (χ2v) is 5.49. The van der Waals surface area contributed by atoms with Gasteiger partial charge >= 0.3 is 5.97 Å². The highest BCUT2D eigenvalue weighted by atomic mass is 79.9. The SMILES string of the molecule is CC(C)(C)c1cc(Br)ccc1OCC(=O)O. The molecule has 0 unspecified atom stereocenters. The summed E-state index contributed by atoms with van der Waals surface area (Å²) in [6.45, 7) is 5.86. The summed E-state index contributed by atoms with van der Waals surface area (Å²) in [5.74, 6) is -0.346. The lowest BCUT2D eigenvalue weighted by molar-refractivity contribution is -0.139. The van der Waals surface area contributed by atoms with Crippen LogP contribution >= 0.6 is 15.9 Å². The standard InChI is InChI=1S/C12H15BrO3/c1-12(2,3)9-6-8(13)4-5-10(9)16-7-11(14)15/h4-6H,7H2,1-3H3,(H,14,15). The molecule has 0 heterocycles. The fourth-order valence-corrected chi connectivity index (χ4v) is 1.71. The maximum atomic E-state index is 10.5. The average molecular weight is 287 g/mol. The van der Waals surface area contributed by atoms with Gasteiger partial charge in [-0.25, -0.2) is 4.79 Å². The van der Waals surface area contributed by atoms with Gasteiger partial charge in [-0.05, 0) is 23.6 Å². The van der Waals surface area contributed by atoms with E-state index >= 15 is 0 Å². The van der Waals surface area contributed by atoms with Gasteiger partial charge in [-0.3, -0.25) is 0 Å². The molecular weight excluding hydrogens is 272 g/mol. The van der Waals surface area contributed by atoms with Gasteiger partial charge in [-0.2, -0.15) is 0 Å². The Labute approximate surface area is 104 Å². The van der Waals surface area contributed by atoms with Crippen LogP contribution in [-0.4, -0.2) is 17.7 Å². The highest BCUT2D eigenvalue weighted by Gasteiger charge is 2.19. The number of rotatable bonds is 3. The van der Waals surface area contributed by atoms with E-state index in [1.54, 1.807) is 6.07 Å². The first-order valence-electron chi connectivity index (χ1n) is 4.95. The zero-order valence-corrected chi connectivity index (χ0v) is 11.2. The lowest BCUT2D eigenvalue weighted by atomic mass is 9.86. The number of hydrogen-bond donors (Lipinski definition) is 1. The number of carbonyl (C=O) groups is 1. The van der Waals surface area contributed by atoms with Gasteiger partial charge < -0.3 is 9.84 Å². The maximum absolute atomic E-state index is 10.5. The fourth-order valence-electron chi connectivity index (χ4n) is 1.35. The van der Waals surface area contributed by atoms with Gasteiger partial charge in [0.1, 0.15) is 5.75 Å². The average Bonchev–Trinajstić information content (AvgIpc) is 2.14. The van der Waals surface area contributed by atoms with Crippen molar-refractivity contribution in [3.05, 3.63) is 28.2 Å². The summed E-state index contributed by atoms with van der Waals surface area (Å²) >= 11 is 3.40. The Kier molecular flexibility index (Phi) is 3.97. The second-order valence-electron chi connectivity index (χ2n) is 4.57. The summed E-state index contributed by atoms with van der Waals surface area (Å²) in [6, 6.07) is 5.58. The number of benzene rings is 1. The summed E-state index contributed by atoms with van der Waals surface area (Å²) in [7, 11) is 0. The minimum Gasteiger partial charge on any atom is -0.482 e. The predicted octanol–water partition coefficient (Wildman–Crippen LogP) is 3.21. The smallest absolute Gasteiger partial charge is 0.341 e. The zero-order valence-electron chi connectivity index (χ0n) is 9.58. The summed E-state index contributed by atoms with van der Waals surface area (Å²) in [4.78, 5) is 10.5. The molecule has 0 saturated heterocycles. The second kappa shape index (κ2) is 4.87. The molecule has 0 aromatic heterocycles. The number of carboxylic acids is 1. The minimum absolute atomic E-state index is 0.0857. The molecule has 1 N–H and O–H groups in total. The molecule has 0 spiro atoms. The number of carboxylic acid groups (broad SMARTS) is 1. The van der Waals surface area contributed by atoms with Gasteiger partial charge in [0.2, 0.25) is 0 Å². The number of ether oxygens (including phenoxy) is 1. The van der Waals surface area contributed by atoms with Crippen LogP contribution in [0.1, 0.15) is 26.3 Å². The molecule has 0 radical (unpaired) electrons. The Morgan fingerprint density at radius 2 is 2.06 bits per heavy atom. The van der Waals surface area contributed by atoms with E-state index in [-0.39, 0.29) is 12.0 Å². The van der Waals surface area contributed by atoms with E-state index < -0.39 is 5.97 Å². The molecule has 0 fully saturated rings. The third-order valence-corrected chi connectivity index (χ3v) is 2.59. The van der Waals surface area contributed by atoms with Crippen LogP contribution in [0.4, 0.5) is 0 Å². The van der Waals surface area contributed by atoms with Gasteiger partial charge in [0.05, 0.1) is 0 Å². The van der Waals surface area contributed by atoms with E-state index in [1.807, 2.05) is 12.1 Å². The Balaban J connectivity index is 3.03. The van der Waals surface area contributed by atoms with Crippen molar-refractivity contribution in [2.24, 2.45) is 0 Å². The van der Waals surface area contributed by atoms with Crippen LogP contribution in [0.5, 0.6) is 5.75 Å². The van der Waals surface area contributed by atoms with Gasteiger partial charge in [-0.1, -0.05) is 36.7 Å². The molecule has 1 aromatic carbocycles. The van der Waals surface area contributed by atoms with Crippen molar-refractivity contribution < 1.29 is 14.6 Å². The first kappa shape index (κ1) is 13.0. The van der Waals surface area contributed by atoms with Crippen LogP contribution in [0.25, 0.3) is 0 Å². The molecule has 3 nitrogen and oxygen atoms in total. The van der Waals surface area contributed by atoms with Crippen LogP contribution in [-0.2, 0) is 10.2 Å². The van der Waals surface area contributed by atoms with Crippen molar-refractivity contribution in [1.82, 2.24) is 0 Å². The molecule has 0 aliphatic carbocycles. The quantitative estimate of drug-likeness (QED) is 0.928. The van der Waals surface area contributed by atoms with Crippen molar-refractivity contribution >= 4 is 21.9 Å². The van der Waals surface area contributed by atoms with Gasteiger partial charge in [-0.15, -0.1) is 0 Å². The van der Waals surface area contributed by atoms with E-state index in [0.717, 1.165) is 10.0 Å². The van der Waals surface area contributed by atoms with E-state index in [0.29, 0.717) is 5.75 Å². The maximum Gasteiger partial charge on any atom is 0.341 e. The highest BCUT2D eigenvalue weighted by molar-refractivity contribution is 9.10. The zero-order chi connectivity index (χ0) is 12.3. The summed E-state index contributed by atoms with van der Waals surface area (Å²) in [6.07, 6.45) is 0. The minimum atomic E-state index is -0.970. The van der Waals surface area contributed by atoms with E-state index in [1.165, 1.54) is 0 Å². The van der Waals surface area contributed by atoms with E-state index in [4.69, 9.17) is 9.84 Å². The lowest BCUT2D eigenvalue weighted by Crippen LogP contribution is -2.16. The molecule has 0 saturated carbocycles. The fraction of sp³-hybridized carbons (Fsp3) is 0.417. The predicted molar refractivity (Wildman–Crippen MR) is 66.0 cm³/mol. The molecule has 0 atom stereocenters. The van der Waals surface area contributed by atoms with E-state index in [9.17, 15) is 4.79 Å². The molecule has 1 rings (SSSR count). The monoisotopic (exact) mass is 286 g/mol. The third-order valence-electron chi connectivity index (χ3n) is 2.10. The van der Waals surface area contributed by atoms with Crippen molar-refractivity contribution in [2.45, 2.75) is 26.2 Å². The van der Waals surface area contributed by atoms with Crippen molar-refractivity contribution in [3.8, 4) is 5.75 Å². The number of aliphatic carboxylic acids is 1. The molecule has 0 aliphatic rings. The molecule has 0 bridgehead atoms. The normalized spacial score (nSPS) is 11.2. The van der Waals surface area contributed by atoms with Gasteiger partial charge in [0.15, 0.2) is 6.61 Å². The Morgan fingerprint density at radius 3 is 2.56 bits per heavy atom. The Bertz CT molecular complexity index is 394. The third kappa shape index (κ3) is 3.52. The molecular formula is C12H15BrO3. The van der Waals surface area contributed by atoms with Crippen molar-refractivity contribution in [3.63, 3.8) is 0 Å². The molecule has 16 heavy (non-hydrogen) atoms. The van der Waals surface area contributed by atoms with Crippen LogP contribution < -0.4 is 4.74 Å². The molecule has 4 heteroatoms. The first-order valence-corrected chi connectivity index (χ1v) is 5.74. The Hall–Kier alpha value is -1.03. The summed E-state index contributed by atoms with van der Waals surface area (Å²) < 4.78 is 6.22. The molecule has 88 valence electrons. The van der Waals surface area contributed by atoms with Crippen LogP contribution in [0, 0.1) is 0 Å². The van der Waals surface area contributed by atoms with Crippen molar-refractivity contribution in [2.75, 3.05) is 6.61 Å². The van der Waals surface area contributed by atoms with Crippen LogP contribution in [0.2, 0.25) is 0 Å². The molecule has 1 aromatic rings. The van der Waals surface area contributed by atoms with E-state index in [2.05, 4.69) is 36.7 Å². The highest BCUT2D eigenvalue weighted by Crippen LogP contribution is 2.33. The molecule has 0 amide bonds. The van der Waals surface area contributed by atoms with Crippen LogP contribution in [0.3, 0.4) is 0 Å². The van der Waals surface area contributed by atoms with Crippen molar-refractivity contribution in [1.29, 1.82) is 0 Å². The van der Waals surface area contributed by atoms with Crippen LogP contribution in [0.15, 0.2) is 22.7 Å².